The molecule has 53 heavy (non-hydrogen) atoms. The number of fused-ring (bicyclic) bond motifs is 2. The topological polar surface area (TPSA) is 159 Å². The van der Waals surface area contributed by atoms with Gasteiger partial charge in [0.05, 0.1) is 64.2 Å². The summed E-state index contributed by atoms with van der Waals surface area (Å²) in [5, 5.41) is 21.1. The summed E-state index contributed by atoms with van der Waals surface area (Å²) >= 11 is 0. The number of hydrogen-bond donors (Lipinski definition) is 4. The molecule has 1 aromatic carbocycles. The molecule has 2 aromatic rings. The van der Waals surface area contributed by atoms with E-state index in [1.165, 1.54) is 5.69 Å². The second-order valence-electron chi connectivity index (χ2n) is 15.4. The quantitative estimate of drug-likeness (QED) is 0.110. The van der Waals surface area contributed by atoms with Crippen LogP contribution in [-0.4, -0.2) is 118 Å². The SMILES string of the molecule is CNC(C)(C)CCCOc1ccc(C(=O)NCCOCCOCCn2nnc3c2CC[C@@H]2[C@H](CC3)[C@@H]2COC(=O)NCCOCCC(C)(C)NC)cc1. The molecule has 0 radical (unpaired) electrons. The lowest BCUT2D eigenvalue weighted by Gasteiger charge is -2.23. The van der Waals surface area contributed by atoms with Crippen molar-refractivity contribution >= 4 is 12.0 Å². The van der Waals surface area contributed by atoms with Crippen LogP contribution in [0, 0.1) is 17.8 Å². The molecule has 1 aromatic heterocycles. The van der Waals surface area contributed by atoms with Crippen molar-refractivity contribution in [3.05, 3.63) is 41.2 Å². The molecule has 0 spiro atoms. The standard InChI is InChI=1S/C39H65N7O7/c1-38(2,40-5)16-7-21-52-30-10-8-29(9-11-30)36(47)42-18-23-50-26-27-51-25-20-46-35-15-13-32-31(12-14-34(35)44-45-46)33(32)28-53-37(48)43-19-24-49-22-17-39(3,4)41-6/h8-11,31-33,40-41H,7,12-28H2,1-6H3,(H,42,47)(H,43,48)/t31-,32+,33-/m0/s1. The van der Waals surface area contributed by atoms with Crippen LogP contribution in [0.25, 0.3) is 0 Å². The van der Waals surface area contributed by atoms with Gasteiger partial charge in [-0.2, -0.15) is 0 Å². The minimum Gasteiger partial charge on any atom is -0.494 e. The highest BCUT2D eigenvalue weighted by atomic mass is 16.5. The molecule has 4 N–H and O–H groups in total. The Balaban J connectivity index is 1.00. The summed E-state index contributed by atoms with van der Waals surface area (Å²) in [7, 11) is 3.91. The molecule has 298 valence electrons. The van der Waals surface area contributed by atoms with Crippen LogP contribution in [0.1, 0.15) is 81.5 Å². The number of ether oxygens (including phenoxy) is 5. The van der Waals surface area contributed by atoms with E-state index in [0.29, 0.717) is 95.8 Å². The fourth-order valence-electron chi connectivity index (χ4n) is 6.60. The molecule has 14 nitrogen and oxygen atoms in total. The molecule has 0 saturated heterocycles. The highest BCUT2D eigenvalue weighted by molar-refractivity contribution is 5.94. The molecular weight excluding hydrogens is 678 g/mol. The first kappa shape index (κ1) is 42.4. The van der Waals surface area contributed by atoms with Crippen LogP contribution in [0.4, 0.5) is 4.79 Å². The zero-order chi connectivity index (χ0) is 38.1. The smallest absolute Gasteiger partial charge is 0.407 e. The van der Waals surface area contributed by atoms with Crippen molar-refractivity contribution < 1.29 is 33.3 Å². The lowest BCUT2D eigenvalue weighted by atomic mass is 9.99. The third-order valence-electron chi connectivity index (χ3n) is 10.7. The number of benzene rings is 1. The van der Waals surface area contributed by atoms with Crippen LogP contribution in [0.15, 0.2) is 24.3 Å². The predicted molar refractivity (Wildman–Crippen MR) is 203 cm³/mol. The Hall–Kier alpha value is -3.30. The highest BCUT2D eigenvalue weighted by Crippen LogP contribution is 2.52. The first-order valence-electron chi connectivity index (χ1n) is 19.5. The third-order valence-corrected chi connectivity index (χ3v) is 10.7. The molecule has 4 rings (SSSR count). The summed E-state index contributed by atoms with van der Waals surface area (Å²) in [6.07, 6.45) is 6.37. The van der Waals surface area contributed by atoms with E-state index in [4.69, 9.17) is 23.7 Å². The van der Waals surface area contributed by atoms with Crippen molar-refractivity contribution in [2.24, 2.45) is 17.8 Å². The number of nitrogens with one attached hydrogen (secondary N) is 4. The molecule has 14 heteroatoms. The number of aryl methyl sites for hydroxylation is 1. The van der Waals surface area contributed by atoms with Gasteiger partial charge in [-0.1, -0.05) is 5.21 Å². The minimum absolute atomic E-state index is 0.0356. The lowest BCUT2D eigenvalue weighted by molar-refractivity contribution is 0.0442. The molecule has 2 aliphatic carbocycles. The van der Waals surface area contributed by atoms with Crippen LogP contribution in [-0.2, 0) is 38.3 Å². The second-order valence-corrected chi connectivity index (χ2v) is 15.4. The number of nitrogens with zero attached hydrogens (tertiary/aromatic N) is 3. The van der Waals surface area contributed by atoms with Gasteiger partial charge in [-0.15, -0.1) is 5.10 Å². The maximum Gasteiger partial charge on any atom is 0.407 e. The number of alkyl carbamates (subject to hydrolysis) is 1. The molecule has 0 aliphatic heterocycles. The maximum absolute atomic E-state index is 12.5. The molecule has 1 saturated carbocycles. The first-order valence-corrected chi connectivity index (χ1v) is 19.5. The van der Waals surface area contributed by atoms with E-state index in [-0.39, 0.29) is 23.1 Å². The van der Waals surface area contributed by atoms with Crippen molar-refractivity contribution in [1.82, 2.24) is 36.3 Å². The predicted octanol–water partition coefficient (Wildman–Crippen LogP) is 3.77. The number of aromatic nitrogens is 3. The van der Waals surface area contributed by atoms with Crippen LogP contribution >= 0.6 is 0 Å². The zero-order valence-electron chi connectivity index (χ0n) is 33.0. The summed E-state index contributed by atoms with van der Waals surface area (Å²) < 4.78 is 30.4. The maximum atomic E-state index is 12.5. The molecule has 3 atom stereocenters. The largest absolute Gasteiger partial charge is 0.494 e. The van der Waals surface area contributed by atoms with E-state index in [9.17, 15) is 9.59 Å². The van der Waals surface area contributed by atoms with Crippen LogP contribution < -0.4 is 26.0 Å². The average molecular weight is 744 g/mol. The monoisotopic (exact) mass is 743 g/mol. The molecule has 1 fully saturated rings. The highest BCUT2D eigenvalue weighted by Gasteiger charge is 2.50. The van der Waals surface area contributed by atoms with Gasteiger partial charge in [0.2, 0.25) is 0 Å². The van der Waals surface area contributed by atoms with Gasteiger partial charge < -0.3 is 45.0 Å². The van der Waals surface area contributed by atoms with E-state index >= 15 is 0 Å². The molecular formula is C39H65N7O7. The van der Waals surface area contributed by atoms with E-state index in [1.807, 2.05) is 30.9 Å². The molecule has 0 unspecified atom stereocenters. The van der Waals surface area contributed by atoms with E-state index in [0.717, 1.165) is 56.4 Å². The summed E-state index contributed by atoms with van der Waals surface area (Å²) in [5.41, 5.74) is 2.97. The summed E-state index contributed by atoms with van der Waals surface area (Å²) in [6, 6.07) is 7.21. The fraction of sp³-hybridized carbons (Fsp3) is 0.744. The van der Waals surface area contributed by atoms with E-state index < -0.39 is 0 Å². The Morgan fingerprint density at radius 3 is 2.15 bits per heavy atom. The Morgan fingerprint density at radius 1 is 0.792 bits per heavy atom. The molecule has 0 bridgehead atoms. The summed E-state index contributed by atoms with van der Waals surface area (Å²) in [6.45, 7) is 14.1. The van der Waals surface area contributed by atoms with Crippen LogP contribution in [0.3, 0.4) is 0 Å². The minimum atomic E-state index is -0.375. The molecule has 1 heterocycles. The fourth-order valence-corrected chi connectivity index (χ4v) is 6.60. The van der Waals surface area contributed by atoms with Crippen LogP contribution in [0.5, 0.6) is 5.75 Å². The summed E-state index contributed by atoms with van der Waals surface area (Å²) in [4.78, 5) is 24.7. The van der Waals surface area contributed by atoms with Crippen molar-refractivity contribution in [1.29, 1.82) is 0 Å². The van der Waals surface area contributed by atoms with Crippen molar-refractivity contribution in [2.75, 3.05) is 80.0 Å². The van der Waals surface area contributed by atoms with Gasteiger partial charge in [-0.3, -0.25) is 4.79 Å². The van der Waals surface area contributed by atoms with Gasteiger partial charge >= 0.3 is 6.09 Å². The van der Waals surface area contributed by atoms with Gasteiger partial charge in [0, 0.05) is 36.3 Å². The Morgan fingerprint density at radius 2 is 1.43 bits per heavy atom. The average Bonchev–Trinajstić information content (AvgIpc) is 3.66. The summed E-state index contributed by atoms with van der Waals surface area (Å²) in [5.74, 6) is 2.16. The zero-order valence-corrected chi connectivity index (χ0v) is 33.0. The van der Waals surface area contributed by atoms with Gasteiger partial charge in [-0.05, 0) is 129 Å². The Labute approximate surface area is 316 Å². The van der Waals surface area contributed by atoms with E-state index in [1.54, 1.807) is 12.1 Å². The normalized spacial score (nSPS) is 18.3. The second kappa shape index (κ2) is 21.6. The number of amides is 2. The van der Waals surface area contributed by atoms with Crippen molar-refractivity contribution in [3.8, 4) is 5.75 Å². The Kier molecular flexibility index (Phi) is 17.3. The van der Waals surface area contributed by atoms with Crippen molar-refractivity contribution in [3.63, 3.8) is 0 Å². The molecule has 2 amide bonds. The number of carbonyl (C=O) groups excluding carboxylic acids is 2. The van der Waals surface area contributed by atoms with Gasteiger partial charge in [-0.25, -0.2) is 9.48 Å². The first-order chi connectivity index (χ1) is 25.5. The van der Waals surface area contributed by atoms with E-state index in [2.05, 4.69) is 59.3 Å². The van der Waals surface area contributed by atoms with Gasteiger partial charge in [0.1, 0.15) is 5.75 Å². The number of hydrogen-bond acceptors (Lipinski definition) is 11. The third kappa shape index (κ3) is 14.8. The Bertz CT molecular complexity index is 1380. The lowest BCUT2D eigenvalue weighted by Crippen LogP contribution is -2.37. The molecule has 2 aliphatic rings. The van der Waals surface area contributed by atoms with Gasteiger partial charge in [0.15, 0.2) is 0 Å². The van der Waals surface area contributed by atoms with Crippen LogP contribution in [0.2, 0.25) is 0 Å². The number of rotatable bonds is 25. The number of carbonyl (C=O) groups is 2. The van der Waals surface area contributed by atoms with Crippen molar-refractivity contribution in [2.45, 2.75) is 90.3 Å². The van der Waals surface area contributed by atoms with Gasteiger partial charge in [0.25, 0.3) is 5.91 Å².